The maximum atomic E-state index is 12.9. The summed E-state index contributed by atoms with van der Waals surface area (Å²) in [5.41, 5.74) is 1.17. The predicted octanol–water partition coefficient (Wildman–Crippen LogP) is 3.95. The van der Waals surface area contributed by atoms with E-state index in [1.165, 1.54) is 5.56 Å². The molecule has 1 amide bonds. The first kappa shape index (κ1) is 20.8. The summed E-state index contributed by atoms with van der Waals surface area (Å²) in [6.07, 6.45) is 5.89. The van der Waals surface area contributed by atoms with Crippen LogP contribution in [0, 0.1) is 0 Å². The molecular formula is C23H28N4O2S. The molecule has 1 N–H and O–H groups in total. The molecule has 0 aliphatic carbocycles. The molecule has 1 unspecified atom stereocenters. The molecule has 3 heterocycles. The van der Waals surface area contributed by atoms with Crippen LogP contribution < -0.4 is 4.90 Å². The molecule has 0 saturated carbocycles. The van der Waals surface area contributed by atoms with E-state index in [0.717, 1.165) is 46.7 Å². The molecule has 0 spiro atoms. The van der Waals surface area contributed by atoms with E-state index in [9.17, 15) is 9.90 Å². The third kappa shape index (κ3) is 4.47. The molecule has 3 aromatic rings. The largest absolute Gasteiger partial charge is 0.396 e. The second kappa shape index (κ2) is 9.53. The van der Waals surface area contributed by atoms with Gasteiger partial charge in [-0.2, -0.15) is 0 Å². The first-order valence-electron chi connectivity index (χ1n) is 10.6. The van der Waals surface area contributed by atoms with Crippen molar-refractivity contribution in [2.24, 2.45) is 0 Å². The van der Waals surface area contributed by atoms with Crippen LogP contribution in [0.5, 0.6) is 0 Å². The zero-order valence-corrected chi connectivity index (χ0v) is 18.1. The highest BCUT2D eigenvalue weighted by Crippen LogP contribution is 2.35. The van der Waals surface area contributed by atoms with Gasteiger partial charge in [-0.25, -0.2) is 9.97 Å². The highest BCUT2D eigenvalue weighted by atomic mass is 32.1. The van der Waals surface area contributed by atoms with E-state index < -0.39 is 0 Å². The van der Waals surface area contributed by atoms with Crippen molar-refractivity contribution < 1.29 is 9.90 Å². The van der Waals surface area contributed by atoms with Crippen LogP contribution in [0.4, 0.5) is 5.82 Å². The molecule has 2 aromatic heterocycles. The van der Waals surface area contributed by atoms with Gasteiger partial charge in [0.1, 0.15) is 17.0 Å². The number of piperidine rings is 1. The number of amides is 1. The number of carbonyl (C=O) groups excluding carboxylic acids is 1. The summed E-state index contributed by atoms with van der Waals surface area (Å²) in [7, 11) is 1.98. The van der Waals surface area contributed by atoms with Gasteiger partial charge in [-0.05, 0) is 37.3 Å². The van der Waals surface area contributed by atoms with Gasteiger partial charge in [0.15, 0.2) is 0 Å². The molecule has 4 rings (SSSR count). The summed E-state index contributed by atoms with van der Waals surface area (Å²) in [5, 5.41) is 10.3. The topological polar surface area (TPSA) is 69.6 Å². The predicted molar refractivity (Wildman–Crippen MR) is 122 cm³/mol. The zero-order valence-electron chi connectivity index (χ0n) is 17.3. The average molecular weight is 425 g/mol. The summed E-state index contributed by atoms with van der Waals surface area (Å²) in [6.45, 7) is 1.54. The Hall–Kier alpha value is -2.51. The maximum absolute atomic E-state index is 12.9. The van der Waals surface area contributed by atoms with Gasteiger partial charge in [0.25, 0.3) is 0 Å². The van der Waals surface area contributed by atoms with Crippen molar-refractivity contribution in [3.05, 3.63) is 42.7 Å². The fraction of sp³-hybridized carbons (Fsp3) is 0.435. The number of thiophene rings is 1. The van der Waals surface area contributed by atoms with Crippen molar-refractivity contribution in [3.8, 4) is 10.4 Å². The maximum Gasteiger partial charge on any atom is 0.224 e. The van der Waals surface area contributed by atoms with E-state index in [1.54, 1.807) is 17.7 Å². The Labute approximate surface area is 181 Å². The Morgan fingerprint density at radius 1 is 1.27 bits per heavy atom. The first-order valence-corrected chi connectivity index (χ1v) is 11.4. The third-order valence-corrected chi connectivity index (χ3v) is 6.89. The van der Waals surface area contributed by atoms with Crippen molar-refractivity contribution in [3.63, 3.8) is 0 Å². The van der Waals surface area contributed by atoms with E-state index in [1.807, 2.05) is 30.1 Å². The Balaban J connectivity index is 1.47. The van der Waals surface area contributed by atoms with Gasteiger partial charge >= 0.3 is 0 Å². The lowest BCUT2D eigenvalue weighted by atomic mass is 9.99. The van der Waals surface area contributed by atoms with Crippen LogP contribution in [-0.4, -0.2) is 58.7 Å². The van der Waals surface area contributed by atoms with Gasteiger partial charge in [0.05, 0.1) is 5.39 Å². The van der Waals surface area contributed by atoms with Crippen LogP contribution in [0.25, 0.3) is 20.7 Å². The van der Waals surface area contributed by atoms with Gasteiger partial charge < -0.3 is 14.9 Å². The van der Waals surface area contributed by atoms with Crippen molar-refractivity contribution in [1.82, 2.24) is 14.9 Å². The highest BCUT2D eigenvalue weighted by Gasteiger charge is 2.26. The fourth-order valence-corrected chi connectivity index (χ4v) is 5.18. The number of fused-ring (bicyclic) bond motifs is 1. The summed E-state index contributed by atoms with van der Waals surface area (Å²) in [4.78, 5) is 28.0. The SMILES string of the molecule is CN(CCC(=O)N1CCCCC1CCO)c1ncnc2sc(-c3ccccc3)cc12. The average Bonchev–Trinajstić information content (AvgIpc) is 3.23. The normalized spacial score (nSPS) is 16.7. The van der Waals surface area contributed by atoms with Crippen LogP contribution in [0.1, 0.15) is 32.1 Å². The highest BCUT2D eigenvalue weighted by molar-refractivity contribution is 7.21. The van der Waals surface area contributed by atoms with E-state index >= 15 is 0 Å². The molecule has 1 atom stereocenters. The van der Waals surface area contributed by atoms with Crippen molar-refractivity contribution in [2.75, 3.05) is 31.6 Å². The molecule has 1 aliphatic rings. The number of likely N-dealkylation sites (tertiary alicyclic amines) is 1. The molecule has 6 nitrogen and oxygen atoms in total. The van der Waals surface area contributed by atoms with Crippen LogP contribution in [0.15, 0.2) is 42.7 Å². The monoisotopic (exact) mass is 424 g/mol. The number of hydrogen-bond donors (Lipinski definition) is 1. The minimum Gasteiger partial charge on any atom is -0.396 e. The molecule has 1 fully saturated rings. The van der Waals surface area contributed by atoms with Crippen LogP contribution in [0.2, 0.25) is 0 Å². The Bertz CT molecular complexity index is 989. The van der Waals surface area contributed by atoms with Gasteiger partial charge in [-0.15, -0.1) is 11.3 Å². The molecular weight excluding hydrogens is 396 g/mol. The molecule has 1 aliphatic heterocycles. The molecule has 0 bridgehead atoms. The minimum absolute atomic E-state index is 0.134. The van der Waals surface area contributed by atoms with Gasteiger partial charge in [0.2, 0.25) is 5.91 Å². The number of anilines is 1. The summed E-state index contributed by atoms with van der Waals surface area (Å²) in [5.74, 6) is 1.03. The Kier molecular flexibility index (Phi) is 6.59. The van der Waals surface area contributed by atoms with Gasteiger partial charge in [-0.1, -0.05) is 30.3 Å². The molecule has 1 aromatic carbocycles. The summed E-state index contributed by atoms with van der Waals surface area (Å²) < 4.78 is 0. The van der Waals surface area contributed by atoms with E-state index in [2.05, 4.69) is 33.1 Å². The van der Waals surface area contributed by atoms with E-state index in [4.69, 9.17) is 0 Å². The number of hydrogen-bond acceptors (Lipinski definition) is 6. The lowest BCUT2D eigenvalue weighted by Gasteiger charge is -2.36. The van der Waals surface area contributed by atoms with Crippen molar-refractivity contribution in [2.45, 2.75) is 38.1 Å². The number of aromatic nitrogens is 2. The second-order valence-corrected chi connectivity index (χ2v) is 8.84. The second-order valence-electron chi connectivity index (χ2n) is 7.81. The molecule has 158 valence electrons. The standard InChI is InChI=1S/C23H28N4O2S/c1-26(13-10-21(29)27-12-6-5-9-18(27)11-14-28)22-19-15-20(17-7-3-2-4-8-17)30-23(19)25-16-24-22/h2-4,7-8,15-16,18,28H,5-6,9-14H2,1H3. The summed E-state index contributed by atoms with van der Waals surface area (Å²) >= 11 is 1.66. The fourth-order valence-electron chi connectivity index (χ4n) is 4.18. The van der Waals surface area contributed by atoms with Gasteiger partial charge in [0, 0.05) is 44.1 Å². The molecule has 0 radical (unpaired) electrons. The quantitative estimate of drug-likeness (QED) is 0.622. The van der Waals surface area contributed by atoms with Crippen LogP contribution >= 0.6 is 11.3 Å². The third-order valence-electron chi connectivity index (χ3n) is 5.80. The summed E-state index contributed by atoms with van der Waals surface area (Å²) in [6, 6.07) is 12.6. The Morgan fingerprint density at radius 3 is 2.90 bits per heavy atom. The number of carbonyl (C=O) groups is 1. The van der Waals surface area contributed by atoms with Gasteiger partial charge in [-0.3, -0.25) is 4.79 Å². The lowest BCUT2D eigenvalue weighted by molar-refractivity contribution is -0.135. The number of aliphatic hydroxyl groups excluding tert-OH is 1. The van der Waals surface area contributed by atoms with Crippen LogP contribution in [-0.2, 0) is 4.79 Å². The minimum atomic E-state index is 0.134. The van der Waals surface area contributed by atoms with Crippen molar-refractivity contribution in [1.29, 1.82) is 0 Å². The smallest absolute Gasteiger partial charge is 0.224 e. The van der Waals surface area contributed by atoms with E-state index in [0.29, 0.717) is 19.4 Å². The lowest BCUT2D eigenvalue weighted by Crippen LogP contribution is -2.45. The molecule has 1 saturated heterocycles. The first-order chi connectivity index (χ1) is 14.7. The number of benzene rings is 1. The van der Waals surface area contributed by atoms with Crippen LogP contribution in [0.3, 0.4) is 0 Å². The van der Waals surface area contributed by atoms with Crippen molar-refractivity contribution >= 4 is 33.3 Å². The number of nitrogens with zero attached hydrogens (tertiary/aromatic N) is 4. The molecule has 7 heteroatoms. The Morgan fingerprint density at radius 2 is 2.10 bits per heavy atom. The molecule has 30 heavy (non-hydrogen) atoms. The van der Waals surface area contributed by atoms with E-state index in [-0.39, 0.29) is 18.6 Å². The number of rotatable bonds is 7. The number of aliphatic hydroxyl groups is 1. The zero-order chi connectivity index (χ0) is 20.9.